The van der Waals surface area contributed by atoms with Gasteiger partial charge >= 0.3 is 0 Å². The second kappa shape index (κ2) is 6.44. The maximum atomic E-state index is 4.97. The van der Waals surface area contributed by atoms with E-state index in [1.165, 1.54) is 4.88 Å². The van der Waals surface area contributed by atoms with Gasteiger partial charge in [-0.1, -0.05) is 0 Å². The van der Waals surface area contributed by atoms with Crippen LogP contribution in [-0.2, 0) is 11.3 Å². The minimum Gasteiger partial charge on any atom is -0.383 e. The van der Waals surface area contributed by atoms with Gasteiger partial charge in [0.2, 0.25) is 0 Å². The quantitative estimate of drug-likeness (QED) is 0.795. The summed E-state index contributed by atoms with van der Waals surface area (Å²) in [4.78, 5) is 9.63. The molecule has 0 aromatic carbocycles. The van der Waals surface area contributed by atoms with Gasteiger partial charge in [0, 0.05) is 49.2 Å². The third kappa shape index (κ3) is 3.59. The normalized spacial score (nSPS) is 10.6. The highest BCUT2D eigenvalue weighted by Crippen LogP contribution is 2.24. The van der Waals surface area contributed by atoms with E-state index >= 15 is 0 Å². The Bertz CT molecular complexity index is 444. The first-order valence-electron chi connectivity index (χ1n) is 5.45. The molecule has 90 valence electrons. The molecule has 0 saturated carbocycles. The van der Waals surface area contributed by atoms with Crippen molar-refractivity contribution in [1.29, 1.82) is 0 Å². The van der Waals surface area contributed by atoms with Crippen LogP contribution in [0.15, 0.2) is 30.7 Å². The van der Waals surface area contributed by atoms with Crippen molar-refractivity contribution in [2.75, 3.05) is 20.3 Å². The van der Waals surface area contributed by atoms with E-state index in [2.05, 4.69) is 15.3 Å². The van der Waals surface area contributed by atoms with Crippen LogP contribution in [0.4, 0.5) is 0 Å². The van der Waals surface area contributed by atoms with Crippen LogP contribution in [0.2, 0.25) is 0 Å². The molecule has 0 spiro atoms. The molecule has 2 aromatic heterocycles. The summed E-state index contributed by atoms with van der Waals surface area (Å²) >= 11 is 1.70. The number of nitrogens with zero attached hydrogens (tertiary/aromatic N) is 2. The average molecular weight is 249 g/mol. The van der Waals surface area contributed by atoms with Crippen molar-refractivity contribution in [2.45, 2.75) is 6.54 Å². The number of nitrogens with one attached hydrogen (secondary N) is 1. The Morgan fingerprint density at radius 2 is 2.18 bits per heavy atom. The zero-order valence-corrected chi connectivity index (χ0v) is 10.5. The maximum Gasteiger partial charge on any atom is 0.123 e. The Morgan fingerprint density at radius 3 is 2.94 bits per heavy atom. The number of hydrogen-bond donors (Lipinski definition) is 1. The van der Waals surface area contributed by atoms with E-state index in [0.717, 1.165) is 30.3 Å². The zero-order valence-electron chi connectivity index (χ0n) is 9.72. The van der Waals surface area contributed by atoms with Gasteiger partial charge in [0.25, 0.3) is 0 Å². The Kier molecular flexibility index (Phi) is 4.61. The summed E-state index contributed by atoms with van der Waals surface area (Å²) in [5.41, 5.74) is 1.12. The fourth-order valence-electron chi connectivity index (χ4n) is 1.40. The second-order valence-electron chi connectivity index (χ2n) is 3.54. The molecule has 0 aliphatic rings. The van der Waals surface area contributed by atoms with Gasteiger partial charge in [-0.3, -0.25) is 4.98 Å². The van der Waals surface area contributed by atoms with Crippen molar-refractivity contribution in [2.24, 2.45) is 0 Å². The predicted octanol–water partition coefficient (Wildman–Crippen LogP) is 1.94. The van der Waals surface area contributed by atoms with E-state index in [9.17, 15) is 0 Å². The molecule has 0 bridgehead atoms. The molecule has 0 unspecified atom stereocenters. The summed E-state index contributed by atoms with van der Waals surface area (Å²) in [6.45, 7) is 2.43. The summed E-state index contributed by atoms with van der Waals surface area (Å²) < 4.78 is 4.97. The van der Waals surface area contributed by atoms with Gasteiger partial charge in [-0.25, -0.2) is 4.98 Å². The Balaban J connectivity index is 1.92. The van der Waals surface area contributed by atoms with E-state index in [-0.39, 0.29) is 0 Å². The largest absolute Gasteiger partial charge is 0.383 e. The molecule has 0 aliphatic carbocycles. The molecule has 2 rings (SSSR count). The molecule has 4 nitrogen and oxygen atoms in total. The Hall–Kier alpha value is -1.30. The van der Waals surface area contributed by atoms with Crippen molar-refractivity contribution in [1.82, 2.24) is 15.3 Å². The van der Waals surface area contributed by atoms with Crippen LogP contribution < -0.4 is 5.32 Å². The van der Waals surface area contributed by atoms with E-state index in [1.807, 2.05) is 18.3 Å². The number of hydrogen-bond acceptors (Lipinski definition) is 5. The molecule has 17 heavy (non-hydrogen) atoms. The van der Waals surface area contributed by atoms with Gasteiger partial charge in [0.15, 0.2) is 0 Å². The monoisotopic (exact) mass is 249 g/mol. The maximum absolute atomic E-state index is 4.97. The molecule has 1 N–H and O–H groups in total. The number of rotatable bonds is 6. The SMILES string of the molecule is COCCNCc1cnc(-c2ccncc2)s1. The fourth-order valence-corrected chi connectivity index (χ4v) is 2.29. The summed E-state index contributed by atoms with van der Waals surface area (Å²) in [5.74, 6) is 0. The van der Waals surface area contributed by atoms with Crippen molar-refractivity contribution in [3.63, 3.8) is 0 Å². The molecule has 5 heteroatoms. The van der Waals surface area contributed by atoms with Crippen LogP contribution in [0.1, 0.15) is 4.88 Å². The first-order valence-corrected chi connectivity index (χ1v) is 6.26. The van der Waals surface area contributed by atoms with Crippen LogP contribution in [0, 0.1) is 0 Å². The van der Waals surface area contributed by atoms with Gasteiger partial charge in [-0.2, -0.15) is 0 Å². The van der Waals surface area contributed by atoms with Crippen LogP contribution in [0.5, 0.6) is 0 Å². The fraction of sp³-hybridized carbons (Fsp3) is 0.333. The molecule has 0 atom stereocenters. The lowest BCUT2D eigenvalue weighted by molar-refractivity contribution is 0.199. The Labute approximate surface area is 105 Å². The number of thiazole rings is 1. The van der Waals surface area contributed by atoms with Crippen molar-refractivity contribution in [3.05, 3.63) is 35.6 Å². The van der Waals surface area contributed by atoms with Gasteiger partial charge in [-0.05, 0) is 12.1 Å². The third-order valence-corrected chi connectivity index (χ3v) is 3.31. The summed E-state index contributed by atoms with van der Waals surface area (Å²) in [5, 5.41) is 4.34. The lowest BCUT2D eigenvalue weighted by Crippen LogP contribution is -2.17. The van der Waals surface area contributed by atoms with E-state index in [1.54, 1.807) is 30.8 Å². The molecule has 2 heterocycles. The van der Waals surface area contributed by atoms with Crippen LogP contribution in [0.3, 0.4) is 0 Å². The number of aromatic nitrogens is 2. The van der Waals surface area contributed by atoms with E-state index in [4.69, 9.17) is 4.74 Å². The van der Waals surface area contributed by atoms with E-state index < -0.39 is 0 Å². The van der Waals surface area contributed by atoms with E-state index in [0.29, 0.717) is 0 Å². The smallest absolute Gasteiger partial charge is 0.123 e. The molecule has 0 fully saturated rings. The first kappa shape index (κ1) is 12.2. The van der Waals surface area contributed by atoms with Crippen LogP contribution >= 0.6 is 11.3 Å². The third-order valence-electron chi connectivity index (χ3n) is 2.26. The number of pyridine rings is 1. The van der Waals surface area contributed by atoms with Crippen LogP contribution in [0.25, 0.3) is 10.6 Å². The van der Waals surface area contributed by atoms with Gasteiger partial charge in [-0.15, -0.1) is 11.3 Å². The Morgan fingerprint density at radius 1 is 1.35 bits per heavy atom. The molecule has 0 aliphatic heterocycles. The first-order chi connectivity index (χ1) is 8.40. The van der Waals surface area contributed by atoms with Gasteiger partial charge in [0.05, 0.1) is 6.61 Å². The predicted molar refractivity (Wildman–Crippen MR) is 68.9 cm³/mol. The van der Waals surface area contributed by atoms with Crippen molar-refractivity contribution >= 4 is 11.3 Å². The molecule has 0 amide bonds. The molecule has 2 aromatic rings. The minimum absolute atomic E-state index is 0.732. The number of methoxy groups -OCH3 is 1. The number of ether oxygens (including phenoxy) is 1. The van der Waals surface area contributed by atoms with Crippen LogP contribution in [-0.4, -0.2) is 30.2 Å². The summed E-state index contributed by atoms with van der Waals surface area (Å²) in [6, 6.07) is 3.95. The van der Waals surface area contributed by atoms with Gasteiger partial charge in [0.1, 0.15) is 5.01 Å². The molecular weight excluding hydrogens is 234 g/mol. The topological polar surface area (TPSA) is 47.0 Å². The highest BCUT2D eigenvalue weighted by atomic mass is 32.1. The second-order valence-corrected chi connectivity index (χ2v) is 4.65. The molecular formula is C12H15N3OS. The highest BCUT2D eigenvalue weighted by Gasteiger charge is 2.03. The summed E-state index contributed by atoms with van der Waals surface area (Å²) in [6.07, 6.45) is 5.49. The lowest BCUT2D eigenvalue weighted by atomic mass is 10.3. The highest BCUT2D eigenvalue weighted by molar-refractivity contribution is 7.15. The van der Waals surface area contributed by atoms with Crippen molar-refractivity contribution in [3.8, 4) is 10.6 Å². The molecule has 0 saturated heterocycles. The zero-order chi connectivity index (χ0) is 11.9. The van der Waals surface area contributed by atoms with Crippen molar-refractivity contribution < 1.29 is 4.74 Å². The molecule has 0 radical (unpaired) electrons. The minimum atomic E-state index is 0.732. The standard InChI is InChI=1S/C12H15N3OS/c1-16-7-6-14-8-11-9-15-12(17-11)10-2-4-13-5-3-10/h2-5,9,14H,6-8H2,1H3. The summed E-state index contributed by atoms with van der Waals surface area (Å²) in [7, 11) is 1.70. The van der Waals surface area contributed by atoms with Gasteiger partial charge < -0.3 is 10.1 Å². The lowest BCUT2D eigenvalue weighted by Gasteiger charge is -2.00. The average Bonchev–Trinajstić information content (AvgIpc) is 2.85.